The molecule has 0 aromatic rings. The number of ether oxygens (including phenoxy) is 2. The molecule has 3 heterocycles. The quantitative estimate of drug-likeness (QED) is 0.325. The Morgan fingerprint density at radius 3 is 2.88 bits per heavy atom. The molecule has 11 heteroatoms. The van der Waals surface area contributed by atoms with Gasteiger partial charge in [-0.1, -0.05) is 27.5 Å². The third-order valence-electron chi connectivity index (χ3n) is 4.06. The van der Waals surface area contributed by atoms with Crippen molar-refractivity contribution in [1.82, 2.24) is 0 Å². The number of hydrogen-bond acceptors (Lipinski definition) is 9. The fourth-order valence-electron chi connectivity index (χ4n) is 2.65. The molecule has 3 fully saturated rings. The summed E-state index contributed by atoms with van der Waals surface area (Å²) in [6.07, 6.45) is 2.93. The van der Waals surface area contributed by atoms with Crippen LogP contribution in [0.25, 0.3) is 0 Å². The van der Waals surface area contributed by atoms with E-state index in [4.69, 9.17) is 37.3 Å². The Hall–Kier alpha value is 0.315. The van der Waals surface area contributed by atoms with Crippen LogP contribution in [0.5, 0.6) is 0 Å². The normalized spacial score (nSPS) is 48.6. The van der Waals surface area contributed by atoms with Crippen LogP contribution < -0.4 is 0 Å². The number of terminal acetylenes is 1. The van der Waals surface area contributed by atoms with Crippen LogP contribution in [-0.4, -0.2) is 73.7 Å². The Balaban J connectivity index is 1.68. The molecule has 3 aliphatic rings. The van der Waals surface area contributed by atoms with E-state index in [2.05, 4.69) is 5.92 Å². The summed E-state index contributed by atoms with van der Waals surface area (Å²) in [6.45, 7) is 1.59. The Morgan fingerprint density at radius 1 is 1.46 bits per heavy atom. The van der Waals surface area contributed by atoms with Crippen molar-refractivity contribution >= 4 is 37.3 Å². The second-order valence-corrected chi connectivity index (χ2v) is 9.98. The van der Waals surface area contributed by atoms with Crippen LogP contribution >= 0.6 is 29.4 Å². The van der Waals surface area contributed by atoms with Crippen molar-refractivity contribution in [3.05, 3.63) is 0 Å². The minimum Gasteiger partial charge on any atom is -0.385 e. The molecule has 132 valence electrons. The first-order valence-electron chi connectivity index (χ1n) is 7.40. The third kappa shape index (κ3) is 3.85. The van der Waals surface area contributed by atoms with Crippen molar-refractivity contribution in [3.63, 3.8) is 0 Å². The van der Waals surface area contributed by atoms with Gasteiger partial charge in [0.05, 0.1) is 12.7 Å². The first kappa shape index (κ1) is 19.1. The highest BCUT2D eigenvalue weighted by Crippen LogP contribution is 2.58. The zero-order valence-electron chi connectivity index (χ0n) is 13.0. The minimum atomic E-state index is -3.88. The van der Waals surface area contributed by atoms with Crippen molar-refractivity contribution in [2.24, 2.45) is 0 Å². The van der Waals surface area contributed by atoms with Crippen molar-refractivity contribution in [1.29, 1.82) is 0 Å². The van der Waals surface area contributed by atoms with Crippen LogP contribution in [0.4, 0.5) is 0 Å². The highest BCUT2D eigenvalue weighted by molar-refractivity contribution is 8.76. The molecule has 0 amide bonds. The van der Waals surface area contributed by atoms with E-state index >= 15 is 0 Å². The van der Waals surface area contributed by atoms with Crippen LogP contribution in [0.1, 0.15) is 6.92 Å². The Kier molecular flexibility index (Phi) is 5.97. The molecule has 0 bridgehead atoms. The molecule has 3 saturated heterocycles. The number of fused-ring (bicyclic) bond motifs is 1. The summed E-state index contributed by atoms with van der Waals surface area (Å²) in [5.74, 6) is 3.61. The van der Waals surface area contributed by atoms with Crippen LogP contribution in [-0.2, 0) is 27.6 Å². The molecule has 7 atom stereocenters. The van der Waals surface area contributed by atoms with E-state index in [0.717, 1.165) is 0 Å². The van der Waals surface area contributed by atoms with Gasteiger partial charge in [-0.05, 0) is 6.92 Å². The maximum absolute atomic E-state index is 12.9. The molecule has 0 aromatic carbocycles. The van der Waals surface area contributed by atoms with Gasteiger partial charge in [0.25, 0.3) is 0 Å². The molecule has 24 heavy (non-hydrogen) atoms. The predicted octanol–water partition coefficient (Wildman–Crippen LogP) is 0.953. The van der Waals surface area contributed by atoms with Gasteiger partial charge in [-0.25, -0.2) is 4.57 Å². The molecule has 2 radical (unpaired) electrons. The van der Waals surface area contributed by atoms with Crippen molar-refractivity contribution in [2.75, 3.05) is 24.7 Å². The van der Waals surface area contributed by atoms with Crippen molar-refractivity contribution in [2.45, 2.75) is 42.9 Å². The maximum atomic E-state index is 12.9. The van der Waals surface area contributed by atoms with Gasteiger partial charge in [0.1, 0.15) is 38.4 Å². The largest absolute Gasteiger partial charge is 0.475 e. The number of rotatable bonds is 4. The van der Waals surface area contributed by atoms with Crippen LogP contribution in [0.15, 0.2) is 0 Å². The average molecular weight is 392 g/mol. The van der Waals surface area contributed by atoms with E-state index in [1.807, 2.05) is 0 Å². The molecule has 0 aromatic heterocycles. The van der Waals surface area contributed by atoms with Crippen molar-refractivity contribution < 1.29 is 32.7 Å². The summed E-state index contributed by atoms with van der Waals surface area (Å²) in [5.41, 5.74) is -1.48. The van der Waals surface area contributed by atoms with E-state index < -0.39 is 37.7 Å². The molecule has 0 saturated carbocycles. The zero-order valence-corrected chi connectivity index (χ0v) is 15.6. The molecule has 1 N–H and O–H groups in total. The van der Waals surface area contributed by atoms with E-state index in [1.54, 1.807) is 21.6 Å². The molecule has 3 rings (SSSR count). The Labute approximate surface area is 150 Å². The number of phosphoric acid groups is 1. The molecule has 0 spiro atoms. The van der Waals surface area contributed by atoms with Gasteiger partial charge in [0.15, 0.2) is 0 Å². The summed E-state index contributed by atoms with van der Waals surface area (Å²) in [7, 11) is 5.07. The van der Waals surface area contributed by atoms with Gasteiger partial charge in [-0.3, -0.25) is 13.6 Å². The smallest absolute Gasteiger partial charge is 0.385 e. The van der Waals surface area contributed by atoms with Crippen LogP contribution in [0.3, 0.4) is 0 Å². The monoisotopic (exact) mass is 392 g/mol. The summed E-state index contributed by atoms with van der Waals surface area (Å²) < 4.78 is 40.2. The van der Waals surface area contributed by atoms with Gasteiger partial charge in [-0.2, -0.15) is 0 Å². The Morgan fingerprint density at radius 2 is 2.17 bits per heavy atom. The number of phosphoric ester groups is 1. The fourth-order valence-corrected chi connectivity index (χ4v) is 6.85. The van der Waals surface area contributed by atoms with Crippen LogP contribution in [0, 0.1) is 12.3 Å². The van der Waals surface area contributed by atoms with Gasteiger partial charge in [-0.15, -0.1) is 6.42 Å². The zero-order chi connectivity index (χ0) is 17.4. The lowest BCUT2D eigenvalue weighted by Crippen LogP contribution is -2.49. The third-order valence-corrected chi connectivity index (χ3v) is 7.95. The molecule has 4 unspecified atom stereocenters. The van der Waals surface area contributed by atoms with Gasteiger partial charge in [0.2, 0.25) is 0 Å². The molecule has 3 aliphatic heterocycles. The standard InChI is InChI=1S/C13H18BO7PS2/c1-3-4-17-9-6-23-24-7-10(9)20-22(16)18-5-8-11(21-22)13(2,15)12(14)19-8/h1,8-12,15H,4-7H2,2H3/t8?,9?,10-,11-,12?,13-,22?/m1/s1. The lowest BCUT2D eigenvalue weighted by Gasteiger charge is -2.38. The number of hydrogen-bond donors (Lipinski definition) is 1. The topological polar surface area (TPSA) is 83.5 Å². The second-order valence-electron chi connectivity index (χ2n) is 5.86. The maximum Gasteiger partial charge on any atom is 0.475 e. The lowest BCUT2D eigenvalue weighted by molar-refractivity contribution is -0.0906. The minimum absolute atomic E-state index is 0.0315. The van der Waals surface area contributed by atoms with Gasteiger partial charge in [0, 0.05) is 17.5 Å². The molecular formula is C13H18BO7PS2. The van der Waals surface area contributed by atoms with E-state index in [9.17, 15) is 9.67 Å². The lowest BCUT2D eigenvalue weighted by atomic mass is 9.82. The van der Waals surface area contributed by atoms with E-state index in [0.29, 0.717) is 11.5 Å². The first-order valence-corrected chi connectivity index (χ1v) is 11.3. The fraction of sp³-hybridized carbons (Fsp3) is 0.846. The van der Waals surface area contributed by atoms with E-state index in [1.165, 1.54) is 6.92 Å². The highest BCUT2D eigenvalue weighted by atomic mass is 33.1. The summed E-state index contributed by atoms with van der Waals surface area (Å²) in [4.78, 5) is 0. The Bertz CT molecular complexity index is 557. The predicted molar refractivity (Wildman–Crippen MR) is 91.8 cm³/mol. The molecule has 0 aliphatic carbocycles. The summed E-state index contributed by atoms with van der Waals surface area (Å²) in [5, 5.41) is 10.4. The summed E-state index contributed by atoms with van der Waals surface area (Å²) in [6, 6.07) is -0.948. The average Bonchev–Trinajstić information content (AvgIpc) is 2.76. The number of aliphatic hydroxyl groups is 1. The second kappa shape index (κ2) is 7.51. The van der Waals surface area contributed by atoms with Gasteiger partial charge >= 0.3 is 7.82 Å². The summed E-state index contributed by atoms with van der Waals surface area (Å²) >= 11 is 0. The van der Waals surface area contributed by atoms with Crippen LogP contribution in [0.2, 0.25) is 0 Å². The highest BCUT2D eigenvalue weighted by Gasteiger charge is 2.58. The first-order chi connectivity index (χ1) is 11.4. The molecule has 7 nitrogen and oxygen atoms in total. The van der Waals surface area contributed by atoms with Gasteiger partial charge < -0.3 is 14.6 Å². The van der Waals surface area contributed by atoms with Crippen molar-refractivity contribution in [3.8, 4) is 12.3 Å². The molecular weight excluding hydrogens is 374 g/mol. The van der Waals surface area contributed by atoms with E-state index in [-0.39, 0.29) is 19.3 Å². The SMILES string of the molecule is [B]C1OC2COP(=O)(O[C@@H]3CSSCC3OCC#C)O[C@H]2[C@@]1(C)O.